The molecule has 430 valence electrons. The van der Waals surface area contributed by atoms with Crippen LogP contribution in [0.3, 0.4) is 0 Å². The summed E-state index contributed by atoms with van der Waals surface area (Å²) in [5, 5.41) is 8.36. The molecule has 4 fully saturated rings. The number of hydrazine groups is 1. The number of ether oxygens (including phenoxy) is 2. The number of benzene rings is 1. The highest BCUT2D eigenvalue weighted by molar-refractivity contribution is 7.60. The maximum Gasteiger partial charge on any atom is 0.324 e. The lowest BCUT2D eigenvalue weighted by molar-refractivity contribution is -0.155. The number of carbonyl (C=O) groups is 5. The summed E-state index contributed by atoms with van der Waals surface area (Å²) in [7, 11) is 3.37. The molecule has 1 aliphatic carbocycles. The Morgan fingerprint density at radius 3 is 2.41 bits per heavy atom. The summed E-state index contributed by atoms with van der Waals surface area (Å²) in [6.07, 6.45) is 8.20. The van der Waals surface area contributed by atoms with Crippen molar-refractivity contribution in [3.63, 3.8) is 0 Å². The van der Waals surface area contributed by atoms with Crippen molar-refractivity contribution in [2.24, 2.45) is 17.3 Å². The minimum atomic E-state index is -1.08. The Labute approximate surface area is 499 Å². The topological polar surface area (TPSA) is 172 Å². The van der Waals surface area contributed by atoms with Gasteiger partial charge in [-0.05, 0) is 120 Å². The standard InChI is InChI=1S/C56H73N9O7S.5H2S/c1-9-64-45-20-19-37-29-41(45)42(49(64)40-17-12-24-57-47(40)35(2)71-8)31-55(3,4)34-72-54(70)43-18-13-27-65(60-43)53(69)44(30-39-33-73-51(37)58-39)59-50(67)48(36-15-10-11-16-36)61(7)52(68)38-22-28-62(32-38)46(66)21-23-56(5,6)63-25-14-26-63;;;;;/h12,17,19-20,24,29,33,35-36,38,43-44,48,60H,9-11,13-16,18,22,25-28,30-32,34H2,1-8H3,(H,59,67);5*1H2/t35-,38-,43-,44-,48-;;;;;/m0...../s1. The zero-order valence-corrected chi connectivity index (χ0v) is 52.2. The quantitative estimate of drug-likeness (QED) is 0.122. The third-order valence-corrected chi connectivity index (χ3v) is 16.9. The number of thiazole rings is 1. The molecule has 7 heterocycles. The molecule has 5 atom stereocenters. The number of fused-ring (bicyclic) bond motifs is 6. The summed E-state index contributed by atoms with van der Waals surface area (Å²) in [5.74, 6) is 3.65. The SMILES string of the molecule is CCn1c(-c2cccnc2[C@H](C)OC)c2c3cc(ccc31)-c1nc(cs1)C[C@H](NC(=O)[C@H](C1CCCC1)N(C)C(=O)[C@H]1CCN(C(=O)C#CC(C)(C)N3CCC3)C1)C(=O)N1CCC[C@H](N1)C(=O)OCC(C)(C)C2.S.S.S.S.S. The van der Waals surface area contributed by atoms with Gasteiger partial charge in [0.15, 0.2) is 0 Å². The van der Waals surface area contributed by atoms with Crippen LogP contribution in [0, 0.1) is 29.1 Å². The molecule has 9 rings (SSSR count). The zero-order valence-electron chi connectivity index (χ0n) is 46.4. The number of likely N-dealkylation sites (N-methyl/N-ethyl adjacent to an activating group) is 1. The van der Waals surface area contributed by atoms with Gasteiger partial charge in [0.2, 0.25) is 11.8 Å². The van der Waals surface area contributed by atoms with Crippen LogP contribution in [0.2, 0.25) is 0 Å². The average Bonchev–Trinajstić information content (AvgIpc) is 4.21. The summed E-state index contributed by atoms with van der Waals surface area (Å²) in [6.45, 7) is 16.1. The Hall–Kier alpha value is -3.92. The van der Waals surface area contributed by atoms with E-state index in [1.54, 1.807) is 30.2 Å². The fourth-order valence-corrected chi connectivity index (χ4v) is 12.4. The van der Waals surface area contributed by atoms with Crippen molar-refractivity contribution in [3.8, 4) is 33.7 Å². The Bertz CT molecular complexity index is 2820. The van der Waals surface area contributed by atoms with Gasteiger partial charge in [0.25, 0.3) is 11.8 Å². The van der Waals surface area contributed by atoms with Crippen molar-refractivity contribution in [1.82, 2.24) is 45.0 Å². The number of amides is 4. The van der Waals surface area contributed by atoms with E-state index in [4.69, 9.17) is 19.4 Å². The molecule has 5 aliphatic rings. The van der Waals surface area contributed by atoms with Crippen molar-refractivity contribution < 1.29 is 33.4 Å². The highest BCUT2D eigenvalue weighted by atomic mass is 32.1. The van der Waals surface area contributed by atoms with Crippen LogP contribution in [0.15, 0.2) is 41.9 Å². The van der Waals surface area contributed by atoms with E-state index >= 15 is 0 Å². The molecular weight excluding hydrogens is 1100 g/mol. The molecule has 4 aromatic rings. The van der Waals surface area contributed by atoms with E-state index in [0.29, 0.717) is 51.0 Å². The number of aromatic nitrogens is 3. The summed E-state index contributed by atoms with van der Waals surface area (Å²) >= 11 is 1.48. The van der Waals surface area contributed by atoms with Gasteiger partial charge in [-0.2, -0.15) is 67.5 Å². The van der Waals surface area contributed by atoms with Crippen LogP contribution in [0.5, 0.6) is 0 Å². The largest absolute Gasteiger partial charge is 0.464 e. The van der Waals surface area contributed by atoms with Crippen LogP contribution in [-0.2, 0) is 52.8 Å². The van der Waals surface area contributed by atoms with Crippen LogP contribution < -0.4 is 10.7 Å². The third kappa shape index (κ3) is 14.2. The molecule has 1 aromatic carbocycles. The van der Waals surface area contributed by atoms with Crippen LogP contribution in [0.1, 0.15) is 116 Å². The number of rotatable bonds is 10. The van der Waals surface area contributed by atoms with E-state index < -0.39 is 52.8 Å². The molecular formula is C56H83N9O7S6. The number of nitrogens with zero attached hydrogens (tertiary/aromatic N) is 7. The second kappa shape index (κ2) is 28.2. The van der Waals surface area contributed by atoms with Gasteiger partial charge < -0.3 is 29.2 Å². The maximum atomic E-state index is 15.0. The van der Waals surface area contributed by atoms with Gasteiger partial charge >= 0.3 is 5.97 Å². The number of carbonyl (C=O) groups excluding carboxylic acids is 5. The first-order valence-electron chi connectivity index (χ1n) is 26.4. The first-order valence-corrected chi connectivity index (χ1v) is 27.3. The zero-order chi connectivity index (χ0) is 51.8. The smallest absolute Gasteiger partial charge is 0.324 e. The van der Waals surface area contributed by atoms with Gasteiger partial charge in [-0.1, -0.05) is 32.6 Å². The lowest BCUT2D eigenvalue weighted by Crippen LogP contribution is -2.62. The third-order valence-electron chi connectivity index (χ3n) is 16.0. The fourth-order valence-electron chi connectivity index (χ4n) is 11.6. The van der Waals surface area contributed by atoms with Crippen molar-refractivity contribution in [3.05, 3.63) is 58.9 Å². The lowest BCUT2D eigenvalue weighted by Gasteiger charge is -2.41. The van der Waals surface area contributed by atoms with Gasteiger partial charge in [0.05, 0.1) is 41.2 Å². The molecule has 78 heavy (non-hydrogen) atoms. The molecule has 3 saturated heterocycles. The molecule has 4 aliphatic heterocycles. The molecule has 3 aromatic heterocycles. The summed E-state index contributed by atoms with van der Waals surface area (Å²) in [6, 6.07) is 7.77. The predicted octanol–water partition coefficient (Wildman–Crippen LogP) is 7.12. The molecule has 6 bridgehead atoms. The number of pyridine rings is 1. The highest BCUT2D eigenvalue weighted by Crippen LogP contribution is 2.42. The number of hydrogen-bond donors (Lipinski definition) is 2. The molecule has 1 saturated carbocycles. The van der Waals surface area contributed by atoms with E-state index in [1.165, 1.54) is 16.3 Å². The van der Waals surface area contributed by atoms with E-state index in [0.717, 1.165) is 89.2 Å². The number of cyclic esters (lactones) is 1. The summed E-state index contributed by atoms with van der Waals surface area (Å²) in [4.78, 5) is 87.1. The molecule has 4 amide bonds. The van der Waals surface area contributed by atoms with E-state index in [2.05, 4.69) is 77.1 Å². The molecule has 0 spiro atoms. The van der Waals surface area contributed by atoms with Crippen LogP contribution in [-0.4, -0.2) is 141 Å². The minimum absolute atomic E-state index is 0. The Morgan fingerprint density at radius 1 is 1.00 bits per heavy atom. The monoisotopic (exact) mass is 1190 g/mol. The normalized spacial score (nSPS) is 21.3. The summed E-state index contributed by atoms with van der Waals surface area (Å²) < 4.78 is 14.3. The van der Waals surface area contributed by atoms with Crippen LogP contribution in [0.25, 0.3) is 32.7 Å². The Balaban J connectivity index is 0.00000262. The molecule has 16 nitrogen and oxygen atoms in total. The lowest BCUT2D eigenvalue weighted by atomic mass is 9.84. The maximum absolute atomic E-state index is 15.0. The van der Waals surface area contributed by atoms with Crippen LogP contribution >= 0.6 is 78.8 Å². The Kier molecular flexibility index (Phi) is 24.1. The molecule has 2 N–H and O–H groups in total. The van der Waals surface area contributed by atoms with Crippen LogP contribution in [0.4, 0.5) is 0 Å². The second-order valence-corrected chi connectivity index (χ2v) is 23.0. The number of hydrogen-bond acceptors (Lipinski definition) is 12. The van der Waals surface area contributed by atoms with Gasteiger partial charge in [-0.3, -0.25) is 38.9 Å². The molecule has 0 radical (unpaired) electrons. The first kappa shape index (κ1) is 66.6. The predicted molar refractivity (Wildman–Crippen MR) is 332 cm³/mol. The number of aryl methyl sites for hydroxylation is 1. The average molecular weight is 1190 g/mol. The minimum Gasteiger partial charge on any atom is -0.464 e. The van der Waals surface area contributed by atoms with Gasteiger partial charge in [0, 0.05) is 98.9 Å². The molecule has 0 unspecified atom stereocenters. The van der Waals surface area contributed by atoms with Crippen molar-refractivity contribution in [1.29, 1.82) is 0 Å². The second-order valence-electron chi connectivity index (χ2n) is 22.1. The van der Waals surface area contributed by atoms with E-state index in [1.807, 2.05) is 32.2 Å². The van der Waals surface area contributed by atoms with Crippen molar-refractivity contribution in [2.75, 3.05) is 53.5 Å². The van der Waals surface area contributed by atoms with Gasteiger partial charge in [-0.25, -0.2) is 10.4 Å². The number of methoxy groups -OCH3 is 1. The number of nitrogens with one attached hydrogen (secondary N) is 2. The molecule has 22 heteroatoms. The van der Waals surface area contributed by atoms with E-state index in [9.17, 15) is 24.0 Å². The Morgan fingerprint density at radius 2 is 1.73 bits per heavy atom. The van der Waals surface area contributed by atoms with Gasteiger partial charge in [-0.15, -0.1) is 11.3 Å². The number of likely N-dealkylation sites (tertiary alicyclic amines) is 2. The van der Waals surface area contributed by atoms with E-state index in [-0.39, 0.29) is 111 Å². The fraction of sp³-hybridized carbons (Fsp3) is 0.589. The van der Waals surface area contributed by atoms with Gasteiger partial charge in [0.1, 0.15) is 23.1 Å². The number of esters is 1. The van der Waals surface area contributed by atoms with Crippen molar-refractivity contribution >= 4 is 119 Å². The summed E-state index contributed by atoms with van der Waals surface area (Å²) in [5.41, 5.74) is 8.83. The first-order chi connectivity index (χ1) is 35.0. The highest BCUT2D eigenvalue weighted by Gasteiger charge is 2.43. The van der Waals surface area contributed by atoms with Crippen molar-refractivity contribution in [2.45, 2.75) is 142 Å².